The molecule has 1 aliphatic carbocycles. The second-order valence-corrected chi connectivity index (χ2v) is 10.6. The molecule has 6 nitrogen and oxygen atoms in total. The lowest BCUT2D eigenvalue weighted by molar-refractivity contribution is 0.0503. The fourth-order valence-corrected chi connectivity index (χ4v) is 5.33. The number of benzene rings is 2. The van der Waals surface area contributed by atoms with Gasteiger partial charge in [0.05, 0.1) is 6.04 Å². The SMILES string of the molecule is CC(C)(C)OC(=O)N[C@H]1CC[C@@]2(COC(N3CCc4ccccc4[C@@H]3c3ccc(F)cc3)=N2)C1. The number of nitrogens with zero attached hydrogens (tertiary/aromatic N) is 2. The lowest BCUT2D eigenvalue weighted by Gasteiger charge is -2.38. The van der Waals surface area contributed by atoms with Crippen LogP contribution in [0.25, 0.3) is 0 Å². The molecule has 2 aromatic carbocycles. The molecule has 0 radical (unpaired) electrons. The van der Waals surface area contributed by atoms with E-state index in [0.29, 0.717) is 12.6 Å². The highest BCUT2D eigenvalue weighted by Gasteiger charge is 2.46. The second kappa shape index (κ2) is 8.60. The smallest absolute Gasteiger partial charge is 0.407 e. The van der Waals surface area contributed by atoms with Crippen LogP contribution in [0.3, 0.4) is 0 Å². The summed E-state index contributed by atoms with van der Waals surface area (Å²) in [7, 11) is 0. The van der Waals surface area contributed by atoms with Crippen LogP contribution in [0.15, 0.2) is 53.5 Å². The summed E-state index contributed by atoms with van der Waals surface area (Å²) in [4.78, 5) is 19.5. The number of alkyl carbamates (subject to hydrolysis) is 1. The van der Waals surface area contributed by atoms with Gasteiger partial charge < -0.3 is 19.7 Å². The average molecular weight is 466 g/mol. The normalized spacial score (nSPS) is 26.1. The molecular weight excluding hydrogens is 433 g/mol. The zero-order valence-corrected chi connectivity index (χ0v) is 20.0. The van der Waals surface area contributed by atoms with Crippen molar-refractivity contribution in [2.75, 3.05) is 13.2 Å². The Kier molecular flexibility index (Phi) is 5.74. The molecule has 1 amide bonds. The van der Waals surface area contributed by atoms with Crippen molar-refractivity contribution in [1.82, 2.24) is 10.2 Å². The van der Waals surface area contributed by atoms with Gasteiger partial charge in [-0.15, -0.1) is 0 Å². The number of amidine groups is 1. The Morgan fingerprint density at radius 2 is 1.97 bits per heavy atom. The van der Waals surface area contributed by atoms with E-state index < -0.39 is 5.60 Å². The molecule has 3 atom stereocenters. The van der Waals surface area contributed by atoms with Crippen molar-refractivity contribution >= 4 is 12.1 Å². The Balaban J connectivity index is 1.37. The van der Waals surface area contributed by atoms with E-state index in [1.165, 1.54) is 23.3 Å². The third kappa shape index (κ3) is 4.61. The number of fused-ring (bicyclic) bond motifs is 1. The zero-order chi connectivity index (χ0) is 23.9. The van der Waals surface area contributed by atoms with Crippen LogP contribution in [-0.2, 0) is 15.9 Å². The minimum atomic E-state index is -0.526. The molecule has 0 unspecified atom stereocenters. The third-order valence-electron chi connectivity index (χ3n) is 6.82. The van der Waals surface area contributed by atoms with Crippen molar-refractivity contribution in [3.8, 4) is 0 Å². The lowest BCUT2D eigenvalue weighted by atomic mass is 9.88. The van der Waals surface area contributed by atoms with E-state index in [0.717, 1.165) is 37.8 Å². The summed E-state index contributed by atoms with van der Waals surface area (Å²) in [5.41, 5.74) is 2.64. The minimum Gasteiger partial charge on any atom is -0.463 e. The summed E-state index contributed by atoms with van der Waals surface area (Å²) in [5, 5.41) is 3.00. The first-order valence-corrected chi connectivity index (χ1v) is 12.0. The van der Waals surface area contributed by atoms with Crippen LogP contribution in [0, 0.1) is 5.82 Å². The van der Waals surface area contributed by atoms with Gasteiger partial charge in [0.15, 0.2) is 0 Å². The molecule has 7 heteroatoms. The third-order valence-corrected chi connectivity index (χ3v) is 6.82. The molecule has 1 fully saturated rings. The monoisotopic (exact) mass is 465 g/mol. The molecule has 2 heterocycles. The first-order chi connectivity index (χ1) is 16.2. The predicted molar refractivity (Wildman–Crippen MR) is 128 cm³/mol. The zero-order valence-electron chi connectivity index (χ0n) is 20.0. The Morgan fingerprint density at radius 3 is 2.74 bits per heavy atom. The molecule has 1 saturated carbocycles. The molecule has 2 aliphatic heterocycles. The fraction of sp³-hybridized carbons (Fsp3) is 0.481. The number of rotatable bonds is 2. The molecule has 0 saturated heterocycles. The molecule has 2 aromatic rings. The van der Waals surface area contributed by atoms with Crippen molar-refractivity contribution < 1.29 is 18.7 Å². The van der Waals surface area contributed by atoms with E-state index >= 15 is 0 Å². The number of ether oxygens (including phenoxy) is 2. The van der Waals surface area contributed by atoms with Gasteiger partial charge in [-0.3, -0.25) is 0 Å². The highest BCUT2D eigenvalue weighted by molar-refractivity contribution is 5.78. The van der Waals surface area contributed by atoms with E-state index in [9.17, 15) is 9.18 Å². The van der Waals surface area contributed by atoms with Crippen LogP contribution in [0.4, 0.5) is 9.18 Å². The molecule has 0 aromatic heterocycles. The first-order valence-electron chi connectivity index (χ1n) is 12.0. The summed E-state index contributed by atoms with van der Waals surface area (Å²) in [6, 6.07) is 15.7. The Hall–Kier alpha value is -3.09. The molecule has 34 heavy (non-hydrogen) atoms. The number of carbonyl (C=O) groups is 1. The maximum absolute atomic E-state index is 13.7. The molecule has 1 N–H and O–H groups in total. The first kappa shape index (κ1) is 22.7. The quantitative estimate of drug-likeness (QED) is 0.680. The van der Waals surface area contributed by atoms with Crippen molar-refractivity contribution in [2.45, 2.75) is 69.7 Å². The molecular formula is C27H32FN3O3. The summed E-state index contributed by atoms with van der Waals surface area (Å²) in [6.07, 6.45) is 2.92. The average Bonchev–Trinajstić information content (AvgIpc) is 3.38. The molecule has 180 valence electrons. The number of halogens is 1. The summed E-state index contributed by atoms with van der Waals surface area (Å²) in [5.74, 6) is -0.248. The second-order valence-electron chi connectivity index (χ2n) is 10.6. The fourth-order valence-electron chi connectivity index (χ4n) is 5.33. The van der Waals surface area contributed by atoms with Crippen molar-refractivity contribution in [1.29, 1.82) is 0 Å². The van der Waals surface area contributed by atoms with Gasteiger partial charge in [0.2, 0.25) is 0 Å². The van der Waals surface area contributed by atoms with Gasteiger partial charge in [0, 0.05) is 12.6 Å². The molecule has 0 bridgehead atoms. The minimum absolute atomic E-state index is 0.0107. The van der Waals surface area contributed by atoms with Gasteiger partial charge in [-0.2, -0.15) is 0 Å². The Labute approximate surface area is 200 Å². The maximum atomic E-state index is 13.7. The van der Waals surface area contributed by atoms with Crippen LogP contribution in [-0.4, -0.2) is 47.3 Å². The lowest BCUT2D eigenvalue weighted by Crippen LogP contribution is -2.40. The van der Waals surface area contributed by atoms with Crippen LogP contribution in [0.5, 0.6) is 0 Å². The van der Waals surface area contributed by atoms with Crippen LogP contribution < -0.4 is 5.32 Å². The van der Waals surface area contributed by atoms with Gasteiger partial charge >= 0.3 is 6.09 Å². The highest BCUT2D eigenvalue weighted by Crippen LogP contribution is 2.41. The maximum Gasteiger partial charge on any atom is 0.407 e. The number of amides is 1. The number of hydrogen-bond acceptors (Lipinski definition) is 5. The van der Waals surface area contributed by atoms with E-state index in [1.54, 1.807) is 0 Å². The van der Waals surface area contributed by atoms with E-state index in [2.05, 4.69) is 28.4 Å². The number of hydrogen-bond donors (Lipinski definition) is 1. The van der Waals surface area contributed by atoms with Crippen LogP contribution in [0.2, 0.25) is 0 Å². The molecule has 1 spiro atoms. The summed E-state index contributed by atoms with van der Waals surface area (Å²) < 4.78 is 25.3. The topological polar surface area (TPSA) is 63.2 Å². The largest absolute Gasteiger partial charge is 0.463 e. The van der Waals surface area contributed by atoms with Crippen molar-refractivity contribution in [3.63, 3.8) is 0 Å². The van der Waals surface area contributed by atoms with E-state index in [-0.39, 0.29) is 29.5 Å². The molecule has 3 aliphatic rings. The number of carbonyl (C=O) groups excluding carboxylic acids is 1. The number of aliphatic imine (C=N–C) groups is 1. The predicted octanol–water partition coefficient (Wildman–Crippen LogP) is 4.98. The van der Waals surface area contributed by atoms with E-state index in [1.807, 2.05) is 39.0 Å². The van der Waals surface area contributed by atoms with Crippen LogP contribution >= 0.6 is 0 Å². The van der Waals surface area contributed by atoms with Gasteiger partial charge in [0.1, 0.15) is 23.6 Å². The van der Waals surface area contributed by atoms with Gasteiger partial charge in [0.25, 0.3) is 6.02 Å². The van der Waals surface area contributed by atoms with Crippen LogP contribution in [0.1, 0.15) is 62.8 Å². The Bertz CT molecular complexity index is 1100. The highest BCUT2D eigenvalue weighted by atomic mass is 19.1. The Morgan fingerprint density at radius 1 is 1.21 bits per heavy atom. The van der Waals surface area contributed by atoms with E-state index in [4.69, 9.17) is 14.5 Å². The van der Waals surface area contributed by atoms with Crippen molar-refractivity contribution in [3.05, 3.63) is 71.0 Å². The van der Waals surface area contributed by atoms with Gasteiger partial charge in [-0.1, -0.05) is 36.4 Å². The summed E-state index contributed by atoms with van der Waals surface area (Å²) >= 11 is 0. The number of nitrogens with one attached hydrogen (secondary N) is 1. The summed E-state index contributed by atoms with van der Waals surface area (Å²) in [6.45, 7) is 6.85. The molecule has 5 rings (SSSR count). The van der Waals surface area contributed by atoms with Gasteiger partial charge in [-0.05, 0) is 75.3 Å². The standard InChI is InChI=1S/C27H32FN3O3/c1-26(2,3)34-25(32)29-21-12-14-27(16-21)17-33-24(30-27)31-15-13-18-6-4-5-7-22(18)23(31)19-8-10-20(28)11-9-19/h4-11,21,23H,12-17H2,1-3H3,(H,29,32)/t21-,23-,27-/m0/s1. The van der Waals surface area contributed by atoms with Crippen molar-refractivity contribution in [2.24, 2.45) is 4.99 Å². The van der Waals surface area contributed by atoms with Gasteiger partial charge in [-0.25, -0.2) is 14.2 Å².